The quantitative estimate of drug-likeness (QED) is 0.529. The van der Waals surface area contributed by atoms with Gasteiger partial charge in [-0.25, -0.2) is 0 Å². The second-order valence-electron chi connectivity index (χ2n) is 2.41. The van der Waals surface area contributed by atoms with Gasteiger partial charge in [0.1, 0.15) is 5.75 Å². The minimum atomic E-state index is -0.725. The molecule has 1 aromatic carbocycles. The minimum absolute atomic E-state index is 0.00398. The smallest absolute Gasteiger partial charge is 0.508 e. The number of rotatable bonds is 1. The largest absolute Gasteiger partial charge is 0.546 e. The number of hydrogen-bond acceptors (Lipinski definition) is 5. The molecule has 0 aliphatic rings. The molecule has 66 valence electrons. The molecule has 1 heterocycles. The van der Waals surface area contributed by atoms with Crippen molar-refractivity contribution in [2.45, 2.75) is 0 Å². The molecule has 0 unspecified atom stereocenters. The molecule has 2 rings (SSSR count). The van der Waals surface area contributed by atoms with Crippen molar-refractivity contribution in [1.29, 1.82) is 0 Å². The van der Waals surface area contributed by atoms with Crippen molar-refractivity contribution >= 4 is 17.1 Å². The average molecular weight is 180 g/mol. The number of phenolic OH excluding ortho intramolecular Hbond substituents is 1. The molecule has 1 N–H and O–H groups in total. The summed E-state index contributed by atoms with van der Waals surface area (Å²) in [4.78, 5) is 13.1. The Morgan fingerprint density at radius 2 is 2.31 bits per heavy atom. The molecule has 0 radical (unpaired) electrons. The summed E-state index contributed by atoms with van der Waals surface area (Å²) >= 11 is 0. The molecule has 0 atom stereocenters. The number of fused-ring (bicyclic) bond motifs is 1. The molecule has 0 aliphatic carbocycles. The number of oxazole rings is 1. The molecule has 6 heteroatoms. The fraction of sp³-hybridized carbons (Fsp3) is 0. The Labute approximate surface area is 71.6 Å². The van der Waals surface area contributed by atoms with Crippen LogP contribution in [-0.4, -0.2) is 15.0 Å². The molecular weight excluding hydrogens is 176 g/mol. The van der Waals surface area contributed by atoms with Gasteiger partial charge in [-0.1, -0.05) is 0 Å². The van der Waals surface area contributed by atoms with Crippen LogP contribution in [0, 0.1) is 10.1 Å². The van der Waals surface area contributed by atoms with Crippen LogP contribution in [0.2, 0.25) is 0 Å². The van der Waals surface area contributed by atoms with Crippen LogP contribution < -0.4 is 0 Å². The normalized spacial score (nSPS) is 10.5. The van der Waals surface area contributed by atoms with E-state index in [1.54, 1.807) is 0 Å². The van der Waals surface area contributed by atoms with E-state index < -0.39 is 10.9 Å². The number of nitrogens with zero attached hydrogens (tertiary/aromatic N) is 2. The van der Waals surface area contributed by atoms with Crippen molar-refractivity contribution in [3.8, 4) is 5.75 Å². The minimum Gasteiger partial charge on any atom is -0.508 e. The van der Waals surface area contributed by atoms with Crippen molar-refractivity contribution in [2.75, 3.05) is 0 Å². The van der Waals surface area contributed by atoms with E-state index in [0.717, 1.165) is 0 Å². The van der Waals surface area contributed by atoms with E-state index in [1.165, 1.54) is 18.2 Å². The number of nitro groups is 1. The Morgan fingerprint density at radius 3 is 3.00 bits per heavy atom. The average Bonchev–Trinajstić information content (AvgIpc) is 2.46. The first-order chi connectivity index (χ1) is 6.16. The van der Waals surface area contributed by atoms with Gasteiger partial charge in [-0.2, -0.15) is 0 Å². The van der Waals surface area contributed by atoms with E-state index in [0.29, 0.717) is 0 Å². The molecule has 0 amide bonds. The first kappa shape index (κ1) is 7.53. The lowest BCUT2D eigenvalue weighted by Crippen LogP contribution is -1.85. The zero-order valence-corrected chi connectivity index (χ0v) is 6.30. The lowest BCUT2D eigenvalue weighted by atomic mass is 10.3. The molecule has 2 aromatic rings. The van der Waals surface area contributed by atoms with Crippen molar-refractivity contribution in [1.82, 2.24) is 4.98 Å². The monoisotopic (exact) mass is 180 g/mol. The van der Waals surface area contributed by atoms with Gasteiger partial charge in [0.15, 0.2) is 5.58 Å². The molecule has 0 fully saturated rings. The maximum Gasteiger partial charge on any atom is 0.546 e. The predicted octanol–water partition coefficient (Wildman–Crippen LogP) is 1.44. The van der Waals surface area contributed by atoms with Crippen LogP contribution in [-0.2, 0) is 0 Å². The van der Waals surface area contributed by atoms with Crippen molar-refractivity contribution in [3.05, 3.63) is 28.3 Å². The topological polar surface area (TPSA) is 89.4 Å². The summed E-state index contributed by atoms with van der Waals surface area (Å²) in [5, 5.41) is 19.3. The highest BCUT2D eigenvalue weighted by Crippen LogP contribution is 2.23. The third-order valence-corrected chi connectivity index (χ3v) is 1.52. The molecule has 0 bridgehead atoms. The van der Waals surface area contributed by atoms with Gasteiger partial charge in [0.05, 0.1) is 0 Å². The Kier molecular flexibility index (Phi) is 1.42. The summed E-state index contributed by atoms with van der Waals surface area (Å²) in [6, 6.07) is 3.52. The Bertz CT molecular complexity index is 476. The standard InChI is InChI=1S/C7H4N2O4/c10-4-1-2-6-5(3-4)8-7(13-6)9(11)12/h1-3,10H. The van der Waals surface area contributed by atoms with Gasteiger partial charge in [0.2, 0.25) is 5.52 Å². The SMILES string of the molecule is O=[N+]([O-])c1nc2cc(O)ccc2o1. The molecule has 1 aromatic heterocycles. The summed E-state index contributed by atoms with van der Waals surface area (Å²) in [5.41, 5.74) is 0.552. The highest BCUT2D eigenvalue weighted by atomic mass is 16.7. The number of aromatic nitrogens is 1. The second-order valence-corrected chi connectivity index (χ2v) is 2.41. The third kappa shape index (κ3) is 1.18. The molecule has 0 aliphatic heterocycles. The lowest BCUT2D eigenvalue weighted by Gasteiger charge is -1.84. The van der Waals surface area contributed by atoms with Crippen LogP contribution in [0.1, 0.15) is 0 Å². The Hall–Kier alpha value is -2.11. The van der Waals surface area contributed by atoms with Crippen molar-refractivity contribution in [3.63, 3.8) is 0 Å². The lowest BCUT2D eigenvalue weighted by molar-refractivity contribution is -0.406. The van der Waals surface area contributed by atoms with Crippen molar-refractivity contribution in [2.24, 2.45) is 0 Å². The van der Waals surface area contributed by atoms with E-state index in [-0.39, 0.29) is 16.8 Å². The summed E-state index contributed by atoms with van der Waals surface area (Å²) < 4.78 is 4.76. The fourth-order valence-corrected chi connectivity index (χ4v) is 0.982. The van der Waals surface area contributed by atoms with Crippen LogP contribution in [0.15, 0.2) is 22.6 Å². The summed E-state index contributed by atoms with van der Waals surface area (Å²) in [6.45, 7) is 0. The van der Waals surface area contributed by atoms with Crippen LogP contribution in [0.3, 0.4) is 0 Å². The number of phenols is 1. The Morgan fingerprint density at radius 1 is 1.54 bits per heavy atom. The maximum absolute atomic E-state index is 10.2. The second kappa shape index (κ2) is 2.44. The van der Waals surface area contributed by atoms with Crippen LogP contribution in [0.4, 0.5) is 6.01 Å². The van der Waals surface area contributed by atoms with Gasteiger partial charge in [-0.15, -0.1) is 0 Å². The van der Waals surface area contributed by atoms with Gasteiger partial charge < -0.3 is 19.6 Å². The van der Waals surface area contributed by atoms with E-state index in [2.05, 4.69) is 4.98 Å². The molecular formula is C7H4N2O4. The van der Waals surface area contributed by atoms with E-state index in [9.17, 15) is 10.1 Å². The molecule has 0 saturated carbocycles. The third-order valence-electron chi connectivity index (χ3n) is 1.52. The van der Waals surface area contributed by atoms with E-state index in [4.69, 9.17) is 9.52 Å². The summed E-state index contributed by atoms with van der Waals surface area (Å²) in [5.74, 6) is -0.00398. The van der Waals surface area contributed by atoms with Crippen LogP contribution in [0.5, 0.6) is 5.75 Å². The molecule has 13 heavy (non-hydrogen) atoms. The van der Waals surface area contributed by atoms with Gasteiger partial charge >= 0.3 is 6.01 Å². The number of aromatic hydroxyl groups is 1. The zero-order valence-electron chi connectivity index (χ0n) is 6.30. The first-order valence-electron chi connectivity index (χ1n) is 3.41. The van der Waals surface area contributed by atoms with Crippen LogP contribution in [0.25, 0.3) is 11.1 Å². The molecule has 0 saturated heterocycles. The molecule has 0 spiro atoms. The highest BCUT2D eigenvalue weighted by molar-refractivity contribution is 5.75. The first-order valence-corrected chi connectivity index (χ1v) is 3.41. The predicted molar refractivity (Wildman–Crippen MR) is 42.3 cm³/mol. The Balaban J connectivity index is 2.68. The fourth-order valence-electron chi connectivity index (χ4n) is 0.982. The van der Waals surface area contributed by atoms with Gasteiger partial charge in [-0.3, -0.25) is 0 Å². The van der Waals surface area contributed by atoms with Gasteiger partial charge in [0.25, 0.3) is 0 Å². The highest BCUT2D eigenvalue weighted by Gasteiger charge is 2.17. The molecule has 6 nitrogen and oxygen atoms in total. The van der Waals surface area contributed by atoms with Gasteiger partial charge in [0, 0.05) is 16.0 Å². The number of hydrogen-bond donors (Lipinski definition) is 1. The van der Waals surface area contributed by atoms with Crippen molar-refractivity contribution < 1.29 is 14.4 Å². The van der Waals surface area contributed by atoms with E-state index in [1.807, 2.05) is 0 Å². The van der Waals surface area contributed by atoms with Crippen LogP contribution >= 0.6 is 0 Å². The summed E-state index contributed by atoms with van der Waals surface area (Å²) in [7, 11) is 0. The van der Waals surface area contributed by atoms with E-state index >= 15 is 0 Å². The summed E-state index contributed by atoms with van der Waals surface area (Å²) in [6.07, 6.45) is 0. The number of benzene rings is 1. The maximum atomic E-state index is 10.2. The zero-order chi connectivity index (χ0) is 9.42. The van der Waals surface area contributed by atoms with Gasteiger partial charge in [-0.05, 0) is 12.1 Å².